The van der Waals surface area contributed by atoms with Crippen LogP contribution in [0.3, 0.4) is 0 Å². The predicted molar refractivity (Wildman–Crippen MR) is 40.8 cm³/mol. The molecule has 0 fully saturated rings. The van der Waals surface area contributed by atoms with E-state index in [1.165, 1.54) is 18.8 Å². The summed E-state index contributed by atoms with van der Waals surface area (Å²) in [6, 6.07) is 0. The fourth-order valence-electron chi connectivity index (χ4n) is 0.809. The van der Waals surface area contributed by atoms with Crippen molar-refractivity contribution in [1.82, 2.24) is 9.78 Å². The van der Waals surface area contributed by atoms with Crippen molar-refractivity contribution in [2.24, 2.45) is 7.05 Å². The number of hydrogen-bond acceptors (Lipinski definition) is 5. The normalized spacial score (nSPS) is 9.83. The van der Waals surface area contributed by atoms with Gasteiger partial charge in [-0.3, -0.25) is 10.1 Å². The Balaban J connectivity index is 3.31. The second-order valence-corrected chi connectivity index (χ2v) is 2.12. The number of nitro groups is 1. The number of aromatic nitrogens is 2. The molecule has 7 heteroatoms. The fraction of sp³-hybridized carbons (Fsp3) is 0.400. The van der Waals surface area contributed by atoms with E-state index in [-0.39, 0.29) is 17.4 Å². The van der Waals surface area contributed by atoms with Crippen LogP contribution in [0.5, 0.6) is 5.88 Å². The van der Waals surface area contributed by atoms with Crippen LogP contribution in [-0.4, -0.2) is 21.8 Å². The molecule has 0 aliphatic heterocycles. The lowest BCUT2D eigenvalue weighted by Gasteiger charge is -1.91. The summed E-state index contributed by atoms with van der Waals surface area (Å²) in [5.41, 5.74) is 5.07. The highest BCUT2D eigenvalue weighted by Gasteiger charge is 2.25. The van der Waals surface area contributed by atoms with Gasteiger partial charge in [-0.05, 0) is 0 Å². The van der Waals surface area contributed by atoms with E-state index >= 15 is 0 Å². The van der Waals surface area contributed by atoms with Crippen molar-refractivity contribution in [3.63, 3.8) is 0 Å². The number of nitrogens with zero attached hydrogens (tertiary/aromatic N) is 3. The van der Waals surface area contributed by atoms with Gasteiger partial charge in [0.05, 0.1) is 12.0 Å². The van der Waals surface area contributed by atoms with Gasteiger partial charge in [-0.15, -0.1) is 5.10 Å². The lowest BCUT2D eigenvalue weighted by atomic mass is 10.5. The topological polar surface area (TPSA) is 96.2 Å². The Morgan fingerprint density at radius 3 is 2.67 bits per heavy atom. The molecule has 1 rings (SSSR count). The van der Waals surface area contributed by atoms with E-state index in [1.54, 1.807) is 0 Å². The number of ether oxygens (including phenoxy) is 1. The Morgan fingerprint density at radius 1 is 1.75 bits per heavy atom. The van der Waals surface area contributed by atoms with E-state index in [4.69, 9.17) is 5.73 Å². The lowest BCUT2D eigenvalue weighted by Crippen LogP contribution is -1.99. The molecule has 0 aromatic carbocycles. The zero-order chi connectivity index (χ0) is 9.30. The fourth-order valence-corrected chi connectivity index (χ4v) is 0.809. The van der Waals surface area contributed by atoms with Crippen LogP contribution in [0.4, 0.5) is 11.5 Å². The third-order valence-corrected chi connectivity index (χ3v) is 1.41. The summed E-state index contributed by atoms with van der Waals surface area (Å²) in [4.78, 5) is 9.78. The highest BCUT2D eigenvalue weighted by molar-refractivity contribution is 5.59. The average Bonchev–Trinajstić information content (AvgIpc) is 2.28. The molecule has 1 aromatic rings. The van der Waals surface area contributed by atoms with Gasteiger partial charge in [0.1, 0.15) is 0 Å². The van der Waals surface area contributed by atoms with Gasteiger partial charge < -0.3 is 10.5 Å². The molecule has 12 heavy (non-hydrogen) atoms. The standard InChI is InChI=1S/C5H8N4O3/c1-8-4(6)3(9(10)11)5(7-8)12-2/h6H2,1-2H3. The van der Waals surface area contributed by atoms with Gasteiger partial charge in [0.15, 0.2) is 0 Å². The monoisotopic (exact) mass is 172 g/mol. The first-order valence-corrected chi connectivity index (χ1v) is 3.08. The van der Waals surface area contributed by atoms with Crippen molar-refractivity contribution >= 4 is 11.5 Å². The first kappa shape index (κ1) is 8.31. The van der Waals surface area contributed by atoms with Gasteiger partial charge in [0.25, 0.3) is 0 Å². The molecule has 2 N–H and O–H groups in total. The molecule has 66 valence electrons. The van der Waals surface area contributed by atoms with Crippen molar-refractivity contribution in [3.05, 3.63) is 10.1 Å². The zero-order valence-corrected chi connectivity index (χ0v) is 6.64. The van der Waals surface area contributed by atoms with Crippen molar-refractivity contribution in [3.8, 4) is 5.88 Å². The summed E-state index contributed by atoms with van der Waals surface area (Å²) in [5.74, 6) is -0.0862. The number of methoxy groups -OCH3 is 1. The number of hydrogen-bond donors (Lipinski definition) is 1. The van der Waals surface area contributed by atoms with Crippen LogP contribution < -0.4 is 10.5 Å². The van der Waals surface area contributed by atoms with Gasteiger partial charge in [-0.2, -0.15) is 0 Å². The molecule has 0 amide bonds. The summed E-state index contributed by atoms with van der Waals surface area (Å²) in [6.07, 6.45) is 0. The SMILES string of the molecule is COc1nn(C)c(N)c1[N+](=O)[O-]. The smallest absolute Gasteiger partial charge is 0.373 e. The van der Waals surface area contributed by atoms with Crippen LogP contribution in [0.25, 0.3) is 0 Å². The molecule has 0 bridgehead atoms. The Kier molecular flexibility index (Phi) is 1.86. The van der Waals surface area contributed by atoms with E-state index < -0.39 is 4.92 Å². The van der Waals surface area contributed by atoms with Crippen molar-refractivity contribution < 1.29 is 9.66 Å². The van der Waals surface area contributed by atoms with Crippen molar-refractivity contribution in [2.45, 2.75) is 0 Å². The number of nitrogen functional groups attached to an aromatic ring is 1. The second-order valence-electron chi connectivity index (χ2n) is 2.12. The number of anilines is 1. The maximum Gasteiger partial charge on any atom is 0.373 e. The van der Waals surface area contributed by atoms with E-state index in [9.17, 15) is 10.1 Å². The molecule has 1 aromatic heterocycles. The summed E-state index contributed by atoms with van der Waals surface area (Å²) in [6.45, 7) is 0. The van der Waals surface area contributed by atoms with Crippen LogP contribution in [-0.2, 0) is 7.05 Å². The Morgan fingerprint density at radius 2 is 2.33 bits per heavy atom. The number of rotatable bonds is 2. The van der Waals surface area contributed by atoms with Crippen LogP contribution in [0.1, 0.15) is 0 Å². The highest BCUT2D eigenvalue weighted by atomic mass is 16.6. The molecule has 1 heterocycles. The van der Waals surface area contributed by atoms with Crippen LogP contribution >= 0.6 is 0 Å². The van der Waals surface area contributed by atoms with Gasteiger partial charge in [0, 0.05) is 7.05 Å². The largest absolute Gasteiger partial charge is 0.475 e. The summed E-state index contributed by atoms with van der Waals surface area (Å²) >= 11 is 0. The molecular formula is C5H8N4O3. The molecule has 0 aliphatic rings. The first-order valence-electron chi connectivity index (χ1n) is 3.08. The first-order chi connectivity index (χ1) is 5.57. The zero-order valence-electron chi connectivity index (χ0n) is 6.64. The molecule has 0 spiro atoms. The maximum absolute atomic E-state index is 10.4. The summed E-state index contributed by atoms with van der Waals surface area (Å²) in [7, 11) is 2.81. The van der Waals surface area contributed by atoms with Crippen LogP contribution in [0.15, 0.2) is 0 Å². The third kappa shape index (κ3) is 1.04. The highest BCUT2D eigenvalue weighted by Crippen LogP contribution is 2.30. The molecule has 0 saturated carbocycles. The predicted octanol–water partition coefficient (Wildman–Crippen LogP) is -0.0809. The quantitative estimate of drug-likeness (QED) is 0.497. The molecule has 0 radical (unpaired) electrons. The lowest BCUT2D eigenvalue weighted by molar-refractivity contribution is -0.384. The van der Waals surface area contributed by atoms with E-state index in [2.05, 4.69) is 9.84 Å². The van der Waals surface area contributed by atoms with Gasteiger partial charge >= 0.3 is 11.6 Å². The molecule has 0 aliphatic carbocycles. The summed E-state index contributed by atoms with van der Waals surface area (Å²) in [5, 5.41) is 14.1. The van der Waals surface area contributed by atoms with Crippen LogP contribution in [0.2, 0.25) is 0 Å². The molecule has 7 nitrogen and oxygen atoms in total. The minimum Gasteiger partial charge on any atom is -0.475 e. The minimum atomic E-state index is -0.624. The number of aryl methyl sites for hydroxylation is 1. The maximum atomic E-state index is 10.4. The van der Waals surface area contributed by atoms with Crippen molar-refractivity contribution in [1.29, 1.82) is 0 Å². The average molecular weight is 172 g/mol. The van der Waals surface area contributed by atoms with Crippen molar-refractivity contribution in [2.75, 3.05) is 12.8 Å². The third-order valence-electron chi connectivity index (χ3n) is 1.41. The molecule has 0 saturated heterocycles. The van der Waals surface area contributed by atoms with E-state index in [1.807, 2.05) is 0 Å². The van der Waals surface area contributed by atoms with Gasteiger partial charge in [0.2, 0.25) is 5.82 Å². The molecular weight excluding hydrogens is 164 g/mol. The van der Waals surface area contributed by atoms with Gasteiger partial charge in [-0.25, -0.2) is 4.68 Å². The Bertz CT molecular complexity index is 319. The van der Waals surface area contributed by atoms with Gasteiger partial charge in [-0.1, -0.05) is 0 Å². The second kappa shape index (κ2) is 2.68. The minimum absolute atomic E-state index is 0.0168. The summed E-state index contributed by atoms with van der Waals surface area (Å²) < 4.78 is 5.85. The Labute approximate surface area is 67.9 Å². The number of nitrogens with two attached hydrogens (primary N) is 1. The van der Waals surface area contributed by atoms with E-state index in [0.717, 1.165) is 0 Å². The molecule has 0 unspecified atom stereocenters. The van der Waals surface area contributed by atoms with E-state index in [0.29, 0.717) is 0 Å². The Hall–Kier alpha value is -1.79. The van der Waals surface area contributed by atoms with Crippen LogP contribution in [0, 0.1) is 10.1 Å². The molecule has 0 atom stereocenters.